The number of aliphatic hydroxyl groups excluding tert-OH is 1. The van der Waals surface area contributed by atoms with Gasteiger partial charge in [0.05, 0.1) is 18.3 Å². The Kier molecular flexibility index (Phi) is 5.76. The first-order valence-electron chi connectivity index (χ1n) is 10.3. The number of benzene rings is 1. The molecule has 0 saturated carbocycles. The first-order valence-corrected chi connectivity index (χ1v) is 10.3. The molecule has 0 amide bonds. The van der Waals surface area contributed by atoms with Crippen LogP contribution < -0.4 is 15.4 Å². The van der Waals surface area contributed by atoms with E-state index < -0.39 is 0 Å². The number of likely N-dealkylation sites (N-methyl/N-ethyl adjacent to an activating group) is 1. The molecule has 1 aromatic carbocycles. The topological polar surface area (TPSA) is 87.4 Å². The highest BCUT2D eigenvalue weighted by atomic mass is 16.3. The smallest absolute Gasteiger partial charge is 0.255 e. The molecule has 1 atom stereocenters. The third kappa shape index (κ3) is 3.78. The fraction of sp³-hybridized carbons (Fsp3) is 0.364. The molecule has 1 N–H and O–H groups in total. The first kappa shape index (κ1) is 20.0. The number of hydrogen-bond acceptors (Lipinski definition) is 7. The van der Waals surface area contributed by atoms with Crippen molar-refractivity contribution in [1.29, 1.82) is 0 Å². The number of nitrogens with zero attached hydrogens (tertiary/aromatic N) is 6. The average molecular weight is 406 g/mol. The molecule has 0 radical (unpaired) electrons. The number of aliphatic hydroxyl groups is 1. The van der Waals surface area contributed by atoms with Gasteiger partial charge in [-0.25, -0.2) is 9.97 Å². The second-order valence-corrected chi connectivity index (χ2v) is 7.33. The van der Waals surface area contributed by atoms with Crippen LogP contribution in [0.5, 0.6) is 0 Å². The van der Waals surface area contributed by atoms with Crippen molar-refractivity contribution in [3.63, 3.8) is 0 Å². The lowest BCUT2D eigenvalue weighted by atomic mass is 10.1. The standard InChI is InChI=1S/C22H26N6O2/c1-3-26(16(2)15-29)21-23-11-10-19(25-21)27-12-7-13-28-20(30)14-18(24-22(27)28)17-8-5-4-6-9-17/h4-6,8-11,14,16,29H,3,7,12-13,15H2,1-2H3. The maximum atomic E-state index is 12.8. The highest BCUT2D eigenvalue weighted by Gasteiger charge is 2.24. The Labute approximate surface area is 175 Å². The summed E-state index contributed by atoms with van der Waals surface area (Å²) in [7, 11) is 0. The van der Waals surface area contributed by atoms with Crippen molar-refractivity contribution in [2.45, 2.75) is 32.9 Å². The highest BCUT2D eigenvalue weighted by molar-refractivity contribution is 5.63. The van der Waals surface area contributed by atoms with E-state index in [1.54, 1.807) is 16.8 Å². The summed E-state index contributed by atoms with van der Waals surface area (Å²) < 4.78 is 1.70. The predicted molar refractivity (Wildman–Crippen MR) is 117 cm³/mol. The molecule has 0 spiro atoms. The predicted octanol–water partition coefficient (Wildman–Crippen LogP) is 2.45. The van der Waals surface area contributed by atoms with E-state index in [1.807, 2.05) is 60.0 Å². The molecule has 3 aromatic rings. The highest BCUT2D eigenvalue weighted by Crippen LogP contribution is 2.28. The molecular weight excluding hydrogens is 380 g/mol. The van der Waals surface area contributed by atoms with E-state index in [1.165, 1.54) is 0 Å². The summed E-state index contributed by atoms with van der Waals surface area (Å²) in [5.41, 5.74) is 1.49. The molecule has 0 aliphatic carbocycles. The maximum absolute atomic E-state index is 12.8. The van der Waals surface area contributed by atoms with Crippen LogP contribution in [0.4, 0.5) is 17.7 Å². The molecular formula is C22H26N6O2. The van der Waals surface area contributed by atoms with Gasteiger partial charge in [0.2, 0.25) is 11.9 Å². The van der Waals surface area contributed by atoms with Crippen LogP contribution in [0.3, 0.4) is 0 Å². The van der Waals surface area contributed by atoms with E-state index in [0.29, 0.717) is 43.0 Å². The summed E-state index contributed by atoms with van der Waals surface area (Å²) in [6, 6.07) is 13.0. The lowest BCUT2D eigenvalue weighted by Crippen LogP contribution is -2.38. The molecule has 0 saturated heterocycles. The van der Waals surface area contributed by atoms with Crippen LogP contribution in [0.2, 0.25) is 0 Å². The SMILES string of the molecule is CCN(c1nccc(N2CCCn3c2nc(-c2ccccc2)cc3=O)n1)C(C)CO. The summed E-state index contributed by atoms with van der Waals surface area (Å²) in [6.45, 7) is 5.98. The molecule has 1 unspecified atom stereocenters. The lowest BCUT2D eigenvalue weighted by Gasteiger charge is -2.31. The molecule has 3 heterocycles. The van der Waals surface area contributed by atoms with E-state index in [2.05, 4.69) is 4.98 Å². The van der Waals surface area contributed by atoms with Crippen LogP contribution in [0.1, 0.15) is 20.3 Å². The van der Waals surface area contributed by atoms with Crippen molar-refractivity contribution in [2.24, 2.45) is 0 Å². The van der Waals surface area contributed by atoms with Gasteiger partial charge in [0, 0.05) is 37.5 Å². The Morgan fingerprint density at radius 1 is 1.17 bits per heavy atom. The minimum absolute atomic E-state index is 0.0192. The van der Waals surface area contributed by atoms with Crippen molar-refractivity contribution < 1.29 is 5.11 Å². The van der Waals surface area contributed by atoms with Crippen LogP contribution in [-0.4, -0.2) is 50.4 Å². The van der Waals surface area contributed by atoms with Crippen molar-refractivity contribution in [1.82, 2.24) is 19.5 Å². The van der Waals surface area contributed by atoms with Crippen LogP contribution in [0.25, 0.3) is 11.3 Å². The van der Waals surface area contributed by atoms with Gasteiger partial charge in [-0.15, -0.1) is 0 Å². The Morgan fingerprint density at radius 3 is 2.70 bits per heavy atom. The van der Waals surface area contributed by atoms with Crippen LogP contribution in [0, 0.1) is 0 Å². The van der Waals surface area contributed by atoms with Crippen LogP contribution >= 0.6 is 0 Å². The number of aromatic nitrogens is 4. The largest absolute Gasteiger partial charge is 0.394 e. The molecule has 8 heteroatoms. The van der Waals surface area contributed by atoms with Gasteiger partial charge < -0.3 is 10.0 Å². The quantitative estimate of drug-likeness (QED) is 0.673. The number of anilines is 3. The number of fused-ring (bicyclic) bond motifs is 1. The van der Waals surface area contributed by atoms with Gasteiger partial charge in [0.1, 0.15) is 5.82 Å². The van der Waals surface area contributed by atoms with Gasteiger partial charge in [-0.2, -0.15) is 4.98 Å². The minimum atomic E-state index is -0.0932. The zero-order valence-corrected chi connectivity index (χ0v) is 17.3. The molecule has 1 aliphatic rings. The summed E-state index contributed by atoms with van der Waals surface area (Å²) in [6.07, 6.45) is 2.53. The van der Waals surface area contributed by atoms with Gasteiger partial charge in [0.25, 0.3) is 5.56 Å². The fourth-order valence-corrected chi connectivity index (χ4v) is 3.75. The van der Waals surface area contributed by atoms with Gasteiger partial charge in [-0.1, -0.05) is 30.3 Å². The summed E-state index contributed by atoms with van der Waals surface area (Å²) in [4.78, 5) is 30.7. The van der Waals surface area contributed by atoms with E-state index in [-0.39, 0.29) is 18.2 Å². The minimum Gasteiger partial charge on any atom is -0.394 e. The Bertz CT molecular complexity index is 1070. The van der Waals surface area contributed by atoms with Gasteiger partial charge in [0.15, 0.2) is 0 Å². The number of rotatable bonds is 6. The average Bonchev–Trinajstić information content (AvgIpc) is 2.80. The molecule has 8 nitrogen and oxygen atoms in total. The summed E-state index contributed by atoms with van der Waals surface area (Å²) in [5.74, 6) is 1.83. The Hall–Kier alpha value is -3.26. The molecule has 0 bridgehead atoms. The van der Waals surface area contributed by atoms with E-state index >= 15 is 0 Å². The Balaban J connectivity index is 1.77. The van der Waals surface area contributed by atoms with E-state index in [9.17, 15) is 9.90 Å². The Morgan fingerprint density at radius 2 is 1.97 bits per heavy atom. The third-order valence-corrected chi connectivity index (χ3v) is 5.36. The summed E-state index contributed by atoms with van der Waals surface area (Å²) >= 11 is 0. The lowest BCUT2D eigenvalue weighted by molar-refractivity contribution is 0.266. The van der Waals surface area contributed by atoms with E-state index in [0.717, 1.165) is 12.0 Å². The molecule has 1 aliphatic heterocycles. The fourth-order valence-electron chi connectivity index (χ4n) is 3.75. The molecule has 4 rings (SSSR count). The van der Waals surface area contributed by atoms with Crippen molar-refractivity contribution in [3.05, 3.63) is 59.0 Å². The van der Waals surface area contributed by atoms with E-state index in [4.69, 9.17) is 9.97 Å². The molecule has 156 valence electrons. The molecule has 0 fully saturated rings. The monoisotopic (exact) mass is 406 g/mol. The van der Waals surface area contributed by atoms with Crippen molar-refractivity contribution >= 4 is 17.7 Å². The van der Waals surface area contributed by atoms with Crippen molar-refractivity contribution in [3.8, 4) is 11.3 Å². The van der Waals surface area contributed by atoms with Crippen LogP contribution in [0.15, 0.2) is 53.5 Å². The van der Waals surface area contributed by atoms with Crippen molar-refractivity contribution in [2.75, 3.05) is 29.5 Å². The van der Waals surface area contributed by atoms with Crippen LogP contribution in [-0.2, 0) is 6.54 Å². The first-order chi connectivity index (χ1) is 14.6. The zero-order chi connectivity index (χ0) is 21.1. The summed E-state index contributed by atoms with van der Waals surface area (Å²) in [5, 5.41) is 9.56. The maximum Gasteiger partial charge on any atom is 0.255 e. The number of hydrogen-bond donors (Lipinski definition) is 1. The second-order valence-electron chi connectivity index (χ2n) is 7.33. The molecule has 2 aromatic heterocycles. The van der Waals surface area contributed by atoms with Gasteiger partial charge in [-0.3, -0.25) is 14.3 Å². The second kappa shape index (κ2) is 8.62. The van der Waals surface area contributed by atoms with Gasteiger partial charge in [-0.05, 0) is 26.3 Å². The molecule has 30 heavy (non-hydrogen) atoms. The zero-order valence-electron chi connectivity index (χ0n) is 17.3. The van der Waals surface area contributed by atoms with Gasteiger partial charge >= 0.3 is 0 Å². The third-order valence-electron chi connectivity index (χ3n) is 5.36. The normalized spacial score (nSPS) is 14.3.